The molecular weight excluding hydrogens is 248 g/mol. The number of nitrogens with zero attached hydrogens (tertiary/aromatic N) is 2. The summed E-state index contributed by atoms with van der Waals surface area (Å²) in [5.41, 5.74) is 1.12. The number of hydrogen-bond donors (Lipinski definition) is 0. The highest BCUT2D eigenvalue weighted by Crippen LogP contribution is 2.29. The fraction of sp³-hybridized carbons (Fsp3) is 0.588. The van der Waals surface area contributed by atoms with E-state index in [-0.39, 0.29) is 5.41 Å². The van der Waals surface area contributed by atoms with Crippen molar-refractivity contribution in [1.29, 1.82) is 0 Å². The molecule has 1 aromatic rings. The first-order valence-corrected chi connectivity index (χ1v) is 7.52. The Balaban J connectivity index is 2.19. The second-order valence-corrected chi connectivity index (χ2v) is 6.28. The highest BCUT2D eigenvalue weighted by atomic mass is 16.1. The number of likely N-dealkylation sites (N-methyl/N-ethyl adjacent to an activating group) is 1. The molecule has 110 valence electrons. The maximum atomic E-state index is 11.4. The average molecular weight is 274 g/mol. The Labute approximate surface area is 122 Å². The van der Waals surface area contributed by atoms with Crippen LogP contribution < -0.4 is 0 Å². The van der Waals surface area contributed by atoms with Crippen LogP contribution in [0.15, 0.2) is 30.3 Å². The third-order valence-corrected chi connectivity index (χ3v) is 4.54. The molecule has 0 N–H and O–H groups in total. The number of piperazine rings is 1. The molecule has 1 aliphatic heterocycles. The molecule has 1 fully saturated rings. The number of hydrogen-bond acceptors (Lipinski definition) is 3. The molecule has 0 saturated carbocycles. The minimum Gasteiger partial charge on any atom is -0.303 e. The molecule has 2 unspecified atom stereocenters. The summed E-state index contributed by atoms with van der Waals surface area (Å²) in [7, 11) is 2.17. The van der Waals surface area contributed by atoms with Crippen LogP contribution in [0.4, 0.5) is 0 Å². The Morgan fingerprint density at radius 3 is 2.60 bits per heavy atom. The van der Waals surface area contributed by atoms with Gasteiger partial charge < -0.3 is 9.69 Å². The van der Waals surface area contributed by atoms with Crippen molar-refractivity contribution >= 4 is 6.29 Å². The van der Waals surface area contributed by atoms with E-state index >= 15 is 0 Å². The van der Waals surface area contributed by atoms with Gasteiger partial charge in [0, 0.05) is 37.6 Å². The van der Waals surface area contributed by atoms with Gasteiger partial charge >= 0.3 is 0 Å². The Morgan fingerprint density at radius 1 is 1.30 bits per heavy atom. The van der Waals surface area contributed by atoms with Gasteiger partial charge in [0.25, 0.3) is 0 Å². The first kappa shape index (κ1) is 15.2. The van der Waals surface area contributed by atoms with Crippen LogP contribution in [0.2, 0.25) is 0 Å². The zero-order valence-electron chi connectivity index (χ0n) is 12.9. The van der Waals surface area contributed by atoms with Crippen molar-refractivity contribution in [2.24, 2.45) is 5.41 Å². The molecule has 0 aromatic heterocycles. The van der Waals surface area contributed by atoms with Gasteiger partial charge in [0.05, 0.1) is 0 Å². The largest absolute Gasteiger partial charge is 0.303 e. The van der Waals surface area contributed by atoms with Crippen LogP contribution in [0.25, 0.3) is 0 Å². The number of carbonyl (C=O) groups is 1. The SMILES string of the molecule is CCC(C)(C=O)CN1CCN(C)CC1c1ccccc1. The van der Waals surface area contributed by atoms with E-state index < -0.39 is 0 Å². The molecule has 2 rings (SSSR count). The average Bonchev–Trinajstić information content (AvgIpc) is 2.50. The van der Waals surface area contributed by atoms with Crippen molar-refractivity contribution in [2.75, 3.05) is 33.2 Å². The molecule has 1 heterocycles. The van der Waals surface area contributed by atoms with Crippen molar-refractivity contribution in [1.82, 2.24) is 9.80 Å². The second-order valence-electron chi connectivity index (χ2n) is 6.28. The van der Waals surface area contributed by atoms with E-state index in [9.17, 15) is 4.79 Å². The third kappa shape index (κ3) is 3.47. The molecule has 1 saturated heterocycles. The zero-order valence-corrected chi connectivity index (χ0v) is 12.9. The smallest absolute Gasteiger partial charge is 0.127 e. The number of aldehydes is 1. The molecule has 0 spiro atoms. The lowest BCUT2D eigenvalue weighted by atomic mass is 9.87. The predicted octanol–water partition coefficient (Wildman–Crippen LogP) is 2.59. The van der Waals surface area contributed by atoms with Crippen molar-refractivity contribution < 1.29 is 4.79 Å². The Morgan fingerprint density at radius 2 is 2.00 bits per heavy atom. The Bertz CT molecular complexity index is 434. The molecular formula is C17H26N2O. The number of benzene rings is 1. The molecule has 3 heteroatoms. The standard InChI is InChI=1S/C17H26N2O/c1-4-17(2,14-20)13-19-11-10-18(3)12-16(19)15-8-6-5-7-9-15/h5-9,14,16H,4,10-13H2,1-3H3. The van der Waals surface area contributed by atoms with Crippen LogP contribution in [0.5, 0.6) is 0 Å². The first-order chi connectivity index (χ1) is 9.58. The molecule has 2 atom stereocenters. The maximum Gasteiger partial charge on any atom is 0.127 e. The molecule has 3 nitrogen and oxygen atoms in total. The minimum atomic E-state index is -0.233. The number of rotatable bonds is 5. The topological polar surface area (TPSA) is 23.6 Å². The Hall–Kier alpha value is -1.19. The normalized spacial score (nSPS) is 24.2. The zero-order chi connectivity index (χ0) is 14.6. The third-order valence-electron chi connectivity index (χ3n) is 4.54. The van der Waals surface area contributed by atoms with Gasteiger partial charge in [-0.25, -0.2) is 0 Å². The first-order valence-electron chi connectivity index (χ1n) is 7.52. The fourth-order valence-electron chi connectivity index (χ4n) is 2.83. The Kier molecular flexibility index (Phi) is 4.95. The summed E-state index contributed by atoms with van der Waals surface area (Å²) >= 11 is 0. The molecule has 0 bridgehead atoms. The van der Waals surface area contributed by atoms with E-state index in [0.717, 1.165) is 38.9 Å². The van der Waals surface area contributed by atoms with Crippen LogP contribution >= 0.6 is 0 Å². The van der Waals surface area contributed by atoms with Gasteiger partial charge in [0.1, 0.15) is 6.29 Å². The molecule has 20 heavy (non-hydrogen) atoms. The van der Waals surface area contributed by atoms with Gasteiger partial charge in [-0.2, -0.15) is 0 Å². The van der Waals surface area contributed by atoms with Crippen LogP contribution in [0, 0.1) is 5.41 Å². The highest BCUT2D eigenvalue weighted by Gasteiger charge is 2.32. The van der Waals surface area contributed by atoms with Crippen molar-refractivity contribution in [3.05, 3.63) is 35.9 Å². The van der Waals surface area contributed by atoms with Crippen LogP contribution in [-0.4, -0.2) is 49.3 Å². The van der Waals surface area contributed by atoms with E-state index in [0.29, 0.717) is 6.04 Å². The van der Waals surface area contributed by atoms with E-state index in [4.69, 9.17) is 0 Å². The summed E-state index contributed by atoms with van der Waals surface area (Å²) in [5, 5.41) is 0. The van der Waals surface area contributed by atoms with Crippen molar-refractivity contribution in [3.8, 4) is 0 Å². The fourth-order valence-corrected chi connectivity index (χ4v) is 2.83. The van der Waals surface area contributed by atoms with E-state index in [2.05, 4.69) is 61.0 Å². The van der Waals surface area contributed by atoms with Gasteiger partial charge in [0.15, 0.2) is 0 Å². The molecule has 1 aromatic carbocycles. The quantitative estimate of drug-likeness (QED) is 0.771. The summed E-state index contributed by atoms with van der Waals surface area (Å²) < 4.78 is 0. The lowest BCUT2D eigenvalue weighted by Crippen LogP contribution is -2.50. The highest BCUT2D eigenvalue weighted by molar-refractivity contribution is 5.58. The lowest BCUT2D eigenvalue weighted by molar-refractivity contribution is -0.117. The van der Waals surface area contributed by atoms with E-state index in [1.54, 1.807) is 0 Å². The van der Waals surface area contributed by atoms with Crippen LogP contribution in [0.1, 0.15) is 31.9 Å². The van der Waals surface area contributed by atoms with Crippen LogP contribution in [0.3, 0.4) is 0 Å². The van der Waals surface area contributed by atoms with Gasteiger partial charge in [-0.1, -0.05) is 44.2 Å². The number of carbonyl (C=O) groups excluding carboxylic acids is 1. The molecule has 0 aliphatic carbocycles. The lowest BCUT2D eigenvalue weighted by Gasteiger charge is -2.43. The van der Waals surface area contributed by atoms with E-state index in [1.807, 2.05) is 0 Å². The summed E-state index contributed by atoms with van der Waals surface area (Å²) in [4.78, 5) is 16.3. The van der Waals surface area contributed by atoms with Gasteiger partial charge in [-0.3, -0.25) is 4.90 Å². The monoisotopic (exact) mass is 274 g/mol. The summed E-state index contributed by atoms with van der Waals surface area (Å²) in [6, 6.07) is 11.0. The van der Waals surface area contributed by atoms with Crippen molar-refractivity contribution in [3.63, 3.8) is 0 Å². The van der Waals surface area contributed by atoms with E-state index in [1.165, 1.54) is 5.56 Å². The summed E-state index contributed by atoms with van der Waals surface area (Å²) in [5.74, 6) is 0. The van der Waals surface area contributed by atoms with Gasteiger partial charge in [0.2, 0.25) is 0 Å². The minimum absolute atomic E-state index is 0.233. The van der Waals surface area contributed by atoms with Crippen molar-refractivity contribution in [2.45, 2.75) is 26.3 Å². The van der Waals surface area contributed by atoms with Gasteiger partial charge in [-0.15, -0.1) is 0 Å². The summed E-state index contributed by atoms with van der Waals surface area (Å²) in [6.45, 7) is 8.15. The maximum absolute atomic E-state index is 11.4. The summed E-state index contributed by atoms with van der Waals surface area (Å²) in [6.07, 6.45) is 2.03. The second kappa shape index (κ2) is 6.51. The predicted molar refractivity (Wildman–Crippen MR) is 82.7 cm³/mol. The van der Waals surface area contributed by atoms with Crippen LogP contribution in [-0.2, 0) is 4.79 Å². The van der Waals surface area contributed by atoms with Gasteiger partial charge in [-0.05, 0) is 19.0 Å². The molecule has 0 radical (unpaired) electrons. The molecule has 0 amide bonds. The molecule has 1 aliphatic rings.